The molecule has 1 aliphatic heterocycles. The van der Waals surface area contributed by atoms with Crippen molar-refractivity contribution in [2.75, 3.05) is 13.1 Å². The summed E-state index contributed by atoms with van der Waals surface area (Å²) in [6.45, 7) is 2.81. The van der Waals surface area contributed by atoms with Gasteiger partial charge < -0.3 is 10.2 Å². The van der Waals surface area contributed by atoms with E-state index in [0.717, 1.165) is 31.4 Å². The summed E-state index contributed by atoms with van der Waals surface area (Å²) in [5.74, 6) is 0.874. The van der Waals surface area contributed by atoms with Crippen molar-refractivity contribution in [3.05, 3.63) is 24.2 Å². The van der Waals surface area contributed by atoms with E-state index in [9.17, 15) is 8.42 Å². The molecule has 2 rings (SSSR count). The Morgan fingerprint density at radius 3 is 3.00 bits per heavy atom. The summed E-state index contributed by atoms with van der Waals surface area (Å²) in [4.78, 5) is 0. The van der Waals surface area contributed by atoms with Gasteiger partial charge >= 0.3 is 0 Å². The van der Waals surface area contributed by atoms with Gasteiger partial charge in [0.25, 0.3) is 10.2 Å². The van der Waals surface area contributed by atoms with Crippen LogP contribution in [0.1, 0.15) is 38.4 Å². The molecule has 6 nitrogen and oxygen atoms in total. The first-order chi connectivity index (χ1) is 10.0. The predicted molar refractivity (Wildman–Crippen MR) is 81.9 cm³/mol. The molecule has 0 spiro atoms. The standard InChI is InChI=1S/C14H25N3O3S/c1-12(7-8-14-6-4-10-20-14)16-21(18,19)17-9-3-2-5-13(17)11-15/h4,6,10,12-13,16H,2-3,5,7-9,11,15H2,1H3. The highest BCUT2D eigenvalue weighted by molar-refractivity contribution is 7.87. The number of hydrogen-bond donors (Lipinski definition) is 2. The molecule has 7 heteroatoms. The number of piperidine rings is 1. The van der Waals surface area contributed by atoms with E-state index in [1.165, 1.54) is 4.31 Å². The Morgan fingerprint density at radius 2 is 2.33 bits per heavy atom. The molecule has 0 aliphatic carbocycles. The lowest BCUT2D eigenvalue weighted by molar-refractivity contribution is 0.253. The largest absolute Gasteiger partial charge is 0.469 e. The number of nitrogens with one attached hydrogen (secondary N) is 1. The fourth-order valence-electron chi connectivity index (χ4n) is 2.72. The Morgan fingerprint density at radius 1 is 1.52 bits per heavy atom. The predicted octanol–water partition coefficient (Wildman–Crippen LogP) is 1.25. The first-order valence-corrected chi connectivity index (χ1v) is 8.98. The van der Waals surface area contributed by atoms with E-state index in [2.05, 4.69) is 4.72 Å². The van der Waals surface area contributed by atoms with Gasteiger partial charge in [-0.25, -0.2) is 0 Å². The Labute approximate surface area is 126 Å². The van der Waals surface area contributed by atoms with Gasteiger partial charge in [-0.3, -0.25) is 0 Å². The summed E-state index contributed by atoms with van der Waals surface area (Å²) in [6.07, 6.45) is 5.84. The van der Waals surface area contributed by atoms with Gasteiger partial charge in [0, 0.05) is 31.6 Å². The van der Waals surface area contributed by atoms with Crippen LogP contribution in [-0.2, 0) is 16.6 Å². The average Bonchev–Trinajstić information content (AvgIpc) is 2.98. The van der Waals surface area contributed by atoms with Crippen LogP contribution in [0.15, 0.2) is 22.8 Å². The summed E-state index contributed by atoms with van der Waals surface area (Å²) < 4.78 is 34.5. The van der Waals surface area contributed by atoms with Gasteiger partial charge in [0.2, 0.25) is 0 Å². The van der Waals surface area contributed by atoms with E-state index in [1.54, 1.807) is 6.26 Å². The molecule has 1 saturated heterocycles. The molecule has 0 amide bonds. The van der Waals surface area contributed by atoms with Crippen LogP contribution in [0.2, 0.25) is 0 Å². The second-order valence-corrected chi connectivity index (χ2v) is 7.29. The molecule has 1 aromatic rings. The highest BCUT2D eigenvalue weighted by Crippen LogP contribution is 2.19. The monoisotopic (exact) mass is 315 g/mol. The SMILES string of the molecule is CC(CCc1ccco1)NS(=O)(=O)N1CCCCC1CN. The summed E-state index contributed by atoms with van der Waals surface area (Å²) in [7, 11) is -3.46. The molecule has 2 unspecified atom stereocenters. The van der Waals surface area contributed by atoms with Crippen molar-refractivity contribution in [2.45, 2.75) is 51.1 Å². The third-order valence-electron chi connectivity index (χ3n) is 3.91. The van der Waals surface area contributed by atoms with Gasteiger partial charge in [0.15, 0.2) is 0 Å². The zero-order valence-electron chi connectivity index (χ0n) is 12.5. The van der Waals surface area contributed by atoms with Crippen LogP contribution in [0.25, 0.3) is 0 Å². The van der Waals surface area contributed by atoms with Crippen LogP contribution < -0.4 is 10.5 Å². The van der Waals surface area contributed by atoms with Crippen molar-refractivity contribution in [1.29, 1.82) is 0 Å². The second-order valence-electron chi connectivity index (χ2n) is 5.64. The molecule has 1 aliphatic rings. The fraction of sp³-hybridized carbons (Fsp3) is 0.714. The minimum absolute atomic E-state index is 0.0754. The lowest BCUT2D eigenvalue weighted by Gasteiger charge is -2.34. The third kappa shape index (κ3) is 4.54. The molecule has 0 radical (unpaired) electrons. The molecule has 1 fully saturated rings. The summed E-state index contributed by atoms with van der Waals surface area (Å²) in [5.41, 5.74) is 5.70. The molecule has 0 aromatic carbocycles. The van der Waals surface area contributed by atoms with Crippen LogP contribution in [-0.4, -0.2) is 37.9 Å². The molecule has 2 atom stereocenters. The van der Waals surface area contributed by atoms with Crippen LogP contribution in [0, 0.1) is 0 Å². The topological polar surface area (TPSA) is 88.6 Å². The highest BCUT2D eigenvalue weighted by atomic mass is 32.2. The van der Waals surface area contributed by atoms with Crippen molar-refractivity contribution in [3.8, 4) is 0 Å². The quantitative estimate of drug-likeness (QED) is 0.792. The summed E-state index contributed by atoms with van der Waals surface area (Å²) in [6, 6.07) is 3.52. The van der Waals surface area contributed by atoms with E-state index >= 15 is 0 Å². The molecular formula is C14H25N3O3S. The second kappa shape index (κ2) is 7.40. The smallest absolute Gasteiger partial charge is 0.279 e. The van der Waals surface area contributed by atoms with Gasteiger partial charge in [-0.2, -0.15) is 17.4 Å². The maximum absolute atomic E-state index is 12.5. The Bertz CT molecular complexity index is 516. The van der Waals surface area contributed by atoms with Crippen molar-refractivity contribution in [1.82, 2.24) is 9.03 Å². The lowest BCUT2D eigenvalue weighted by Crippen LogP contribution is -2.53. The highest BCUT2D eigenvalue weighted by Gasteiger charge is 2.32. The lowest BCUT2D eigenvalue weighted by atomic mass is 10.1. The van der Waals surface area contributed by atoms with Gasteiger partial charge in [-0.1, -0.05) is 6.42 Å². The minimum Gasteiger partial charge on any atom is -0.469 e. The van der Waals surface area contributed by atoms with E-state index in [-0.39, 0.29) is 12.1 Å². The van der Waals surface area contributed by atoms with Gasteiger partial charge in [0.1, 0.15) is 5.76 Å². The van der Waals surface area contributed by atoms with Gasteiger partial charge in [-0.15, -0.1) is 0 Å². The minimum atomic E-state index is -3.46. The van der Waals surface area contributed by atoms with Crippen LogP contribution in [0.3, 0.4) is 0 Å². The Balaban J connectivity index is 1.89. The normalized spacial score (nSPS) is 22.3. The average molecular weight is 315 g/mol. The zero-order chi connectivity index (χ0) is 15.3. The number of nitrogens with zero attached hydrogens (tertiary/aromatic N) is 1. The third-order valence-corrected chi connectivity index (χ3v) is 5.71. The Hall–Kier alpha value is -0.890. The fourth-order valence-corrected chi connectivity index (χ4v) is 4.44. The maximum atomic E-state index is 12.5. The van der Waals surface area contributed by atoms with Gasteiger partial charge in [-0.05, 0) is 38.3 Å². The number of rotatable bonds is 7. The molecular weight excluding hydrogens is 290 g/mol. The molecule has 0 saturated carbocycles. The summed E-state index contributed by atoms with van der Waals surface area (Å²) >= 11 is 0. The van der Waals surface area contributed by atoms with E-state index in [0.29, 0.717) is 19.5 Å². The van der Waals surface area contributed by atoms with Crippen LogP contribution >= 0.6 is 0 Å². The first kappa shape index (κ1) is 16.5. The number of aryl methyl sites for hydroxylation is 1. The first-order valence-electron chi connectivity index (χ1n) is 7.54. The molecule has 120 valence electrons. The van der Waals surface area contributed by atoms with Crippen molar-refractivity contribution in [3.63, 3.8) is 0 Å². The summed E-state index contributed by atoms with van der Waals surface area (Å²) in [5, 5.41) is 0. The molecule has 0 bridgehead atoms. The zero-order valence-corrected chi connectivity index (χ0v) is 13.3. The van der Waals surface area contributed by atoms with E-state index < -0.39 is 10.2 Å². The van der Waals surface area contributed by atoms with E-state index in [1.807, 2.05) is 19.1 Å². The molecule has 21 heavy (non-hydrogen) atoms. The van der Waals surface area contributed by atoms with Crippen molar-refractivity contribution >= 4 is 10.2 Å². The van der Waals surface area contributed by atoms with Crippen molar-refractivity contribution < 1.29 is 12.8 Å². The van der Waals surface area contributed by atoms with E-state index in [4.69, 9.17) is 10.2 Å². The van der Waals surface area contributed by atoms with Crippen molar-refractivity contribution in [2.24, 2.45) is 5.73 Å². The number of nitrogens with two attached hydrogens (primary N) is 1. The Kier molecular flexibility index (Phi) is 5.80. The van der Waals surface area contributed by atoms with Crippen LogP contribution in [0.5, 0.6) is 0 Å². The maximum Gasteiger partial charge on any atom is 0.279 e. The number of hydrogen-bond acceptors (Lipinski definition) is 4. The van der Waals surface area contributed by atoms with Crippen LogP contribution in [0.4, 0.5) is 0 Å². The molecule has 2 heterocycles. The van der Waals surface area contributed by atoms with Gasteiger partial charge in [0.05, 0.1) is 6.26 Å². The molecule has 3 N–H and O–H groups in total. The molecule has 1 aromatic heterocycles. The number of furan rings is 1.